The number of hydrogen-bond donors (Lipinski definition) is 1. The Kier molecular flexibility index (Phi) is 4.05. The van der Waals surface area contributed by atoms with Crippen LogP contribution in [0.3, 0.4) is 0 Å². The van der Waals surface area contributed by atoms with Crippen molar-refractivity contribution in [2.45, 2.75) is 18.9 Å². The number of anilines is 1. The molecule has 134 valence electrons. The third-order valence-electron chi connectivity index (χ3n) is 5.04. The first-order valence-electron chi connectivity index (χ1n) is 9.02. The second-order valence-corrected chi connectivity index (χ2v) is 7.65. The van der Waals surface area contributed by atoms with Crippen LogP contribution in [-0.2, 0) is 12.8 Å². The minimum absolute atomic E-state index is 0.208. The number of aromatic nitrogens is 3. The van der Waals surface area contributed by atoms with Crippen molar-refractivity contribution in [3.63, 3.8) is 0 Å². The van der Waals surface area contributed by atoms with Crippen molar-refractivity contribution >= 4 is 27.4 Å². The molecule has 1 fully saturated rings. The van der Waals surface area contributed by atoms with E-state index < -0.39 is 0 Å². The van der Waals surface area contributed by atoms with Crippen molar-refractivity contribution in [1.82, 2.24) is 19.9 Å². The van der Waals surface area contributed by atoms with Crippen LogP contribution < -0.4 is 15.0 Å². The molecule has 1 saturated heterocycles. The van der Waals surface area contributed by atoms with E-state index in [1.54, 1.807) is 0 Å². The predicted octanol–water partition coefficient (Wildman–Crippen LogP) is 2.45. The van der Waals surface area contributed by atoms with E-state index in [0.717, 1.165) is 54.9 Å². The number of fused-ring (bicyclic) bond motifs is 2. The maximum atomic E-state index is 6.08. The molecular formula is C19H20BrN5O. The third kappa shape index (κ3) is 2.75. The minimum Gasteiger partial charge on any atom is -0.487 e. The first kappa shape index (κ1) is 16.1. The van der Waals surface area contributed by atoms with Crippen molar-refractivity contribution in [2.24, 2.45) is 0 Å². The lowest BCUT2D eigenvalue weighted by molar-refractivity contribution is 0.166. The SMILES string of the molecule is Brc1cnn2c(N3CC(Oc4ccccc4)C3)c3c(nc12)CCNCC3. The summed E-state index contributed by atoms with van der Waals surface area (Å²) >= 11 is 3.59. The highest BCUT2D eigenvalue weighted by Gasteiger charge is 2.33. The van der Waals surface area contributed by atoms with Gasteiger partial charge in [-0.3, -0.25) is 0 Å². The fraction of sp³-hybridized carbons (Fsp3) is 0.368. The van der Waals surface area contributed by atoms with Crippen molar-refractivity contribution in [2.75, 3.05) is 31.1 Å². The molecule has 0 bridgehead atoms. The van der Waals surface area contributed by atoms with Gasteiger partial charge in [-0.15, -0.1) is 0 Å². The van der Waals surface area contributed by atoms with E-state index in [2.05, 4.69) is 31.2 Å². The number of hydrogen-bond acceptors (Lipinski definition) is 5. The van der Waals surface area contributed by atoms with Gasteiger partial charge in [0.05, 0.1) is 29.5 Å². The second kappa shape index (κ2) is 6.55. The smallest absolute Gasteiger partial charge is 0.171 e. The van der Waals surface area contributed by atoms with Gasteiger partial charge in [0.2, 0.25) is 0 Å². The van der Waals surface area contributed by atoms with Crippen LogP contribution in [0.2, 0.25) is 0 Å². The summed E-state index contributed by atoms with van der Waals surface area (Å²) in [6, 6.07) is 10.0. The van der Waals surface area contributed by atoms with E-state index in [4.69, 9.17) is 9.72 Å². The predicted molar refractivity (Wildman–Crippen MR) is 104 cm³/mol. The van der Waals surface area contributed by atoms with Gasteiger partial charge in [-0.1, -0.05) is 18.2 Å². The first-order chi connectivity index (χ1) is 12.8. The molecule has 0 unspecified atom stereocenters. The third-order valence-corrected chi connectivity index (χ3v) is 5.60. The largest absolute Gasteiger partial charge is 0.487 e. The Morgan fingerprint density at radius 2 is 1.92 bits per heavy atom. The molecule has 2 aliphatic rings. The second-order valence-electron chi connectivity index (χ2n) is 6.80. The summed E-state index contributed by atoms with van der Waals surface area (Å²) in [5, 5.41) is 8.05. The Hall–Kier alpha value is -2.12. The normalized spacial score (nSPS) is 17.7. The maximum absolute atomic E-state index is 6.08. The number of ether oxygens (including phenoxy) is 1. The molecule has 7 heteroatoms. The molecule has 0 atom stereocenters. The van der Waals surface area contributed by atoms with Crippen LogP contribution in [0.15, 0.2) is 41.0 Å². The molecule has 26 heavy (non-hydrogen) atoms. The van der Waals surface area contributed by atoms with Gasteiger partial charge in [0.25, 0.3) is 0 Å². The Morgan fingerprint density at radius 3 is 2.77 bits per heavy atom. The number of nitrogens with zero attached hydrogens (tertiary/aromatic N) is 4. The van der Waals surface area contributed by atoms with Crippen LogP contribution in [0.4, 0.5) is 5.82 Å². The molecular weight excluding hydrogens is 394 g/mol. The molecule has 0 saturated carbocycles. The maximum Gasteiger partial charge on any atom is 0.171 e. The lowest BCUT2D eigenvalue weighted by atomic mass is 10.1. The van der Waals surface area contributed by atoms with E-state index in [1.807, 2.05) is 41.0 Å². The van der Waals surface area contributed by atoms with Crippen LogP contribution in [0.5, 0.6) is 5.75 Å². The lowest BCUT2D eigenvalue weighted by Gasteiger charge is -2.41. The van der Waals surface area contributed by atoms with Crippen molar-refractivity contribution in [3.8, 4) is 5.75 Å². The summed E-state index contributed by atoms with van der Waals surface area (Å²) in [5.41, 5.74) is 3.40. The Balaban J connectivity index is 1.46. The lowest BCUT2D eigenvalue weighted by Crippen LogP contribution is -2.55. The Bertz CT molecular complexity index is 936. The first-order valence-corrected chi connectivity index (χ1v) is 9.81. The van der Waals surface area contributed by atoms with Crippen molar-refractivity contribution in [1.29, 1.82) is 0 Å². The van der Waals surface area contributed by atoms with Gasteiger partial charge >= 0.3 is 0 Å². The van der Waals surface area contributed by atoms with Crippen LogP contribution in [-0.4, -0.2) is 46.9 Å². The summed E-state index contributed by atoms with van der Waals surface area (Å²) in [6.45, 7) is 3.69. The molecule has 3 aromatic rings. The number of halogens is 1. The van der Waals surface area contributed by atoms with E-state index in [9.17, 15) is 0 Å². The van der Waals surface area contributed by atoms with Gasteiger partial charge < -0.3 is 15.0 Å². The average molecular weight is 414 g/mol. The highest BCUT2D eigenvalue weighted by Crippen LogP contribution is 2.32. The van der Waals surface area contributed by atoms with Crippen molar-refractivity contribution in [3.05, 3.63) is 52.3 Å². The molecule has 6 nitrogen and oxygen atoms in total. The number of nitrogens with one attached hydrogen (secondary N) is 1. The molecule has 1 N–H and O–H groups in total. The van der Waals surface area contributed by atoms with Crippen LogP contribution in [0, 0.1) is 0 Å². The van der Waals surface area contributed by atoms with Gasteiger partial charge in [-0.25, -0.2) is 4.98 Å². The Labute approximate surface area is 160 Å². The van der Waals surface area contributed by atoms with Gasteiger partial charge in [-0.05, 0) is 41.0 Å². The van der Waals surface area contributed by atoms with Crippen LogP contribution in [0.1, 0.15) is 11.3 Å². The summed E-state index contributed by atoms with van der Waals surface area (Å²) in [6.07, 6.45) is 3.97. The average Bonchev–Trinajstić information content (AvgIpc) is 2.85. The topological polar surface area (TPSA) is 54.7 Å². The standard InChI is InChI=1S/C19H20BrN5O/c20-16-10-22-25-18(16)23-17-7-9-21-8-6-15(17)19(25)24-11-14(12-24)26-13-4-2-1-3-5-13/h1-5,10,14,21H,6-9,11-12H2. The van der Waals surface area contributed by atoms with Crippen LogP contribution in [0.25, 0.3) is 5.65 Å². The number of rotatable bonds is 3. The molecule has 0 aliphatic carbocycles. The summed E-state index contributed by atoms with van der Waals surface area (Å²) in [5.74, 6) is 2.11. The molecule has 1 aromatic carbocycles. The van der Waals surface area contributed by atoms with E-state index in [1.165, 1.54) is 17.1 Å². The summed E-state index contributed by atoms with van der Waals surface area (Å²) < 4.78 is 9.00. The monoisotopic (exact) mass is 413 g/mol. The molecule has 2 aromatic heterocycles. The van der Waals surface area contributed by atoms with Gasteiger partial charge in [0.15, 0.2) is 5.65 Å². The Morgan fingerprint density at radius 1 is 1.12 bits per heavy atom. The van der Waals surface area contributed by atoms with E-state index >= 15 is 0 Å². The molecule has 4 heterocycles. The molecule has 0 radical (unpaired) electrons. The number of para-hydroxylation sites is 1. The minimum atomic E-state index is 0.208. The van der Waals surface area contributed by atoms with Crippen LogP contribution >= 0.6 is 15.9 Å². The zero-order chi connectivity index (χ0) is 17.5. The van der Waals surface area contributed by atoms with E-state index in [-0.39, 0.29) is 6.10 Å². The zero-order valence-electron chi connectivity index (χ0n) is 14.4. The van der Waals surface area contributed by atoms with Gasteiger partial charge in [0, 0.05) is 18.5 Å². The highest BCUT2D eigenvalue weighted by atomic mass is 79.9. The zero-order valence-corrected chi connectivity index (χ0v) is 15.9. The molecule has 2 aliphatic heterocycles. The molecule has 5 rings (SSSR count). The molecule has 0 amide bonds. The molecule has 0 spiro atoms. The summed E-state index contributed by atoms with van der Waals surface area (Å²) in [4.78, 5) is 7.25. The van der Waals surface area contributed by atoms with Gasteiger partial charge in [0.1, 0.15) is 17.7 Å². The fourth-order valence-electron chi connectivity index (χ4n) is 3.74. The summed E-state index contributed by atoms with van der Waals surface area (Å²) in [7, 11) is 0. The van der Waals surface area contributed by atoms with Gasteiger partial charge in [-0.2, -0.15) is 9.61 Å². The number of benzene rings is 1. The highest BCUT2D eigenvalue weighted by molar-refractivity contribution is 9.10. The van der Waals surface area contributed by atoms with E-state index in [0.29, 0.717) is 0 Å². The van der Waals surface area contributed by atoms with Crippen molar-refractivity contribution < 1.29 is 4.74 Å². The fourth-order valence-corrected chi connectivity index (χ4v) is 4.09. The quantitative estimate of drug-likeness (QED) is 0.714.